The van der Waals surface area contributed by atoms with Gasteiger partial charge in [-0.2, -0.15) is 0 Å². The van der Waals surface area contributed by atoms with E-state index in [1.165, 1.54) is 23.9 Å². The lowest BCUT2D eigenvalue weighted by atomic mass is 10.0. The molecule has 0 aliphatic carbocycles. The van der Waals surface area contributed by atoms with Gasteiger partial charge in [-0.05, 0) is 42.3 Å². The number of allylic oxidation sites excluding steroid dienone is 1. The summed E-state index contributed by atoms with van der Waals surface area (Å²) in [4.78, 5) is 25.3. The number of nitrogens with zero attached hydrogens (tertiary/aromatic N) is 3. The van der Waals surface area contributed by atoms with Gasteiger partial charge in [0.2, 0.25) is 5.91 Å². The van der Waals surface area contributed by atoms with Gasteiger partial charge in [-0.15, -0.1) is 16.8 Å². The van der Waals surface area contributed by atoms with Crippen molar-refractivity contribution in [3.63, 3.8) is 0 Å². The highest BCUT2D eigenvalue weighted by Gasteiger charge is 2.26. The van der Waals surface area contributed by atoms with Crippen molar-refractivity contribution >= 4 is 29.3 Å². The van der Waals surface area contributed by atoms with Crippen LogP contribution in [-0.4, -0.2) is 39.4 Å². The van der Waals surface area contributed by atoms with Crippen molar-refractivity contribution in [3.05, 3.63) is 78.4 Å². The van der Waals surface area contributed by atoms with Gasteiger partial charge in [0.15, 0.2) is 11.0 Å². The van der Waals surface area contributed by atoms with E-state index in [0.29, 0.717) is 28.8 Å². The normalized spacial score (nSPS) is 11.7. The maximum absolute atomic E-state index is 13.8. The Morgan fingerprint density at radius 2 is 1.89 bits per heavy atom. The highest BCUT2D eigenvalue weighted by Crippen LogP contribution is 2.26. The van der Waals surface area contributed by atoms with Crippen molar-refractivity contribution in [2.24, 2.45) is 5.92 Å². The number of carbonyl (C=O) groups excluding carboxylic acids is 2. The molecule has 8 nitrogen and oxygen atoms in total. The molecule has 1 atom stereocenters. The lowest BCUT2D eigenvalue weighted by Gasteiger charge is -2.22. The summed E-state index contributed by atoms with van der Waals surface area (Å²) in [6, 6.07) is 12.4. The first-order chi connectivity index (χ1) is 16.8. The summed E-state index contributed by atoms with van der Waals surface area (Å²) in [6.07, 6.45) is 1.69. The highest BCUT2D eigenvalue weighted by atomic mass is 32.2. The summed E-state index contributed by atoms with van der Waals surface area (Å²) < 4.78 is 20.8. The third-order valence-electron chi connectivity index (χ3n) is 5.12. The van der Waals surface area contributed by atoms with Crippen molar-refractivity contribution in [1.29, 1.82) is 0 Å². The summed E-state index contributed by atoms with van der Waals surface area (Å²) in [5, 5.41) is 14.7. The van der Waals surface area contributed by atoms with E-state index in [1.807, 2.05) is 18.4 Å². The number of nitrogens with one attached hydrogen (secondary N) is 2. The van der Waals surface area contributed by atoms with Gasteiger partial charge >= 0.3 is 0 Å². The Balaban J connectivity index is 1.75. The van der Waals surface area contributed by atoms with Gasteiger partial charge in [0.25, 0.3) is 5.91 Å². The molecule has 10 heteroatoms. The van der Waals surface area contributed by atoms with Crippen molar-refractivity contribution < 1.29 is 18.7 Å². The minimum atomic E-state index is -0.504. The van der Waals surface area contributed by atoms with E-state index in [2.05, 4.69) is 27.4 Å². The molecule has 35 heavy (non-hydrogen) atoms. The summed E-state index contributed by atoms with van der Waals surface area (Å²) >= 11 is 1.17. The van der Waals surface area contributed by atoms with E-state index >= 15 is 0 Å². The first-order valence-corrected chi connectivity index (χ1v) is 12.0. The van der Waals surface area contributed by atoms with Crippen LogP contribution in [0.4, 0.5) is 10.1 Å². The van der Waals surface area contributed by atoms with Gasteiger partial charge in [-0.1, -0.05) is 43.8 Å². The van der Waals surface area contributed by atoms with Gasteiger partial charge in [0, 0.05) is 12.1 Å². The fourth-order valence-corrected chi connectivity index (χ4v) is 4.07. The SMILES string of the molecule is C=CCn1c(SCC(=O)Nc2ccccc2F)nnc1[C@H](NC(=O)c1ccc(OC)cc1)C(C)C. The average Bonchev–Trinajstić information content (AvgIpc) is 3.24. The molecule has 0 bridgehead atoms. The Bertz CT molecular complexity index is 1180. The summed E-state index contributed by atoms with van der Waals surface area (Å²) in [7, 11) is 1.56. The molecule has 1 heterocycles. The van der Waals surface area contributed by atoms with Crippen LogP contribution in [0, 0.1) is 11.7 Å². The Kier molecular flexibility index (Phi) is 9.02. The fourth-order valence-electron chi connectivity index (χ4n) is 3.31. The zero-order valence-corrected chi connectivity index (χ0v) is 20.6. The molecule has 0 saturated heterocycles. The van der Waals surface area contributed by atoms with Gasteiger partial charge < -0.3 is 19.9 Å². The molecule has 0 radical (unpaired) electrons. The molecule has 2 N–H and O–H groups in total. The van der Waals surface area contributed by atoms with Crippen LogP contribution in [0.3, 0.4) is 0 Å². The molecule has 1 aromatic heterocycles. The zero-order valence-electron chi connectivity index (χ0n) is 19.8. The van der Waals surface area contributed by atoms with Gasteiger partial charge in [0.1, 0.15) is 11.6 Å². The number of rotatable bonds is 11. The molecule has 0 aliphatic rings. The third-order valence-corrected chi connectivity index (χ3v) is 6.09. The summed E-state index contributed by atoms with van der Waals surface area (Å²) in [5.41, 5.74) is 0.609. The molecule has 184 valence electrons. The summed E-state index contributed by atoms with van der Waals surface area (Å²) in [6.45, 7) is 8.14. The van der Waals surface area contributed by atoms with Crippen LogP contribution in [0.15, 0.2) is 66.3 Å². The van der Waals surface area contributed by atoms with E-state index in [4.69, 9.17) is 4.74 Å². The van der Waals surface area contributed by atoms with E-state index in [0.717, 1.165) is 0 Å². The molecule has 2 aromatic carbocycles. The standard InChI is InChI=1S/C25H28FN5O3S/c1-5-14-31-23(22(16(2)3)28-24(33)17-10-12-18(34-4)13-11-17)29-30-25(31)35-15-21(32)27-20-9-7-6-8-19(20)26/h5-13,16,22H,1,14-15H2,2-4H3,(H,27,32)(H,28,33)/t22-/m1/s1. The number of aromatic nitrogens is 3. The molecular formula is C25H28FN5O3S. The van der Waals surface area contributed by atoms with Gasteiger partial charge in [-0.25, -0.2) is 4.39 Å². The molecule has 0 fully saturated rings. The Morgan fingerprint density at radius 1 is 1.17 bits per heavy atom. The number of ether oxygens (including phenoxy) is 1. The second-order valence-electron chi connectivity index (χ2n) is 7.98. The molecule has 3 rings (SSSR count). The van der Waals surface area contributed by atoms with Crippen LogP contribution < -0.4 is 15.4 Å². The molecule has 0 saturated carbocycles. The lowest BCUT2D eigenvalue weighted by molar-refractivity contribution is -0.113. The van der Waals surface area contributed by atoms with E-state index in [1.54, 1.807) is 49.6 Å². The van der Waals surface area contributed by atoms with Crippen LogP contribution >= 0.6 is 11.8 Å². The van der Waals surface area contributed by atoms with Crippen molar-refractivity contribution in [1.82, 2.24) is 20.1 Å². The van der Waals surface area contributed by atoms with Crippen LogP contribution in [0.25, 0.3) is 0 Å². The molecule has 3 aromatic rings. The number of anilines is 1. The molecule has 2 amide bonds. The number of hydrogen-bond donors (Lipinski definition) is 2. The Hall–Kier alpha value is -3.66. The molecule has 0 spiro atoms. The van der Waals surface area contributed by atoms with Crippen LogP contribution in [0.1, 0.15) is 36.1 Å². The lowest BCUT2D eigenvalue weighted by Crippen LogP contribution is -2.33. The highest BCUT2D eigenvalue weighted by molar-refractivity contribution is 7.99. The first kappa shape index (κ1) is 26.0. The molecule has 0 unspecified atom stereocenters. The topological polar surface area (TPSA) is 98.1 Å². The van der Waals surface area contributed by atoms with Crippen molar-refractivity contribution in [3.8, 4) is 5.75 Å². The number of thioether (sulfide) groups is 1. The van der Waals surface area contributed by atoms with Crippen LogP contribution in [0.2, 0.25) is 0 Å². The van der Waals surface area contributed by atoms with Crippen molar-refractivity contribution in [2.45, 2.75) is 31.6 Å². The fraction of sp³-hybridized carbons (Fsp3) is 0.280. The van der Waals surface area contributed by atoms with E-state index < -0.39 is 11.9 Å². The largest absolute Gasteiger partial charge is 0.497 e. The van der Waals surface area contributed by atoms with E-state index in [9.17, 15) is 14.0 Å². The average molecular weight is 498 g/mol. The first-order valence-electron chi connectivity index (χ1n) is 11.0. The van der Waals surface area contributed by atoms with E-state index in [-0.39, 0.29) is 29.2 Å². The smallest absolute Gasteiger partial charge is 0.251 e. The van der Waals surface area contributed by atoms with Crippen molar-refractivity contribution in [2.75, 3.05) is 18.2 Å². The van der Waals surface area contributed by atoms with Gasteiger partial charge in [-0.3, -0.25) is 9.59 Å². The zero-order chi connectivity index (χ0) is 25.4. The second-order valence-corrected chi connectivity index (χ2v) is 8.92. The minimum Gasteiger partial charge on any atom is -0.497 e. The number of amides is 2. The minimum absolute atomic E-state index is 0.00664. The maximum atomic E-state index is 13.8. The number of halogens is 1. The Morgan fingerprint density at radius 3 is 2.51 bits per heavy atom. The number of hydrogen-bond acceptors (Lipinski definition) is 6. The predicted octanol–water partition coefficient (Wildman–Crippen LogP) is 4.47. The number of benzene rings is 2. The number of para-hydroxylation sites is 1. The summed E-state index contributed by atoms with van der Waals surface area (Å²) in [5.74, 6) is 0.101. The number of carbonyl (C=O) groups is 2. The predicted molar refractivity (Wildman–Crippen MR) is 134 cm³/mol. The van der Waals surface area contributed by atoms with Crippen LogP contribution in [0.5, 0.6) is 5.75 Å². The molecular weight excluding hydrogens is 469 g/mol. The monoisotopic (exact) mass is 497 g/mol. The Labute approximate surface area is 208 Å². The maximum Gasteiger partial charge on any atom is 0.251 e. The second kappa shape index (κ2) is 12.2. The quantitative estimate of drug-likeness (QED) is 0.300. The van der Waals surface area contributed by atoms with Crippen LogP contribution in [-0.2, 0) is 11.3 Å². The third kappa shape index (κ3) is 6.69. The van der Waals surface area contributed by atoms with Gasteiger partial charge in [0.05, 0.1) is 24.6 Å². The molecule has 0 aliphatic heterocycles. The number of methoxy groups -OCH3 is 1.